The highest BCUT2D eigenvalue weighted by Crippen LogP contribution is 2.38. The SMILES string of the molecule is CC1(C)C(=O)N(c2ccc(C#N)c(C(F)(F)F)c2)C(=O)N1Cc1ccccc1NC(=O)Nc1ccc(S(N)(=O)=O)cc1. The van der Waals surface area contributed by atoms with Crippen LogP contribution in [0.4, 0.5) is 39.8 Å². The van der Waals surface area contributed by atoms with Crippen LogP contribution in [0.15, 0.2) is 71.6 Å². The third kappa shape index (κ3) is 5.90. The minimum Gasteiger partial charge on any atom is -0.308 e. The molecule has 1 fully saturated rings. The Labute approximate surface area is 238 Å². The molecule has 0 spiro atoms. The van der Waals surface area contributed by atoms with Gasteiger partial charge in [0.2, 0.25) is 10.0 Å². The van der Waals surface area contributed by atoms with Gasteiger partial charge >= 0.3 is 18.2 Å². The number of nitrogens with one attached hydrogen (secondary N) is 2. The number of sulfonamides is 1. The number of halogens is 3. The molecule has 0 saturated carbocycles. The van der Waals surface area contributed by atoms with Gasteiger partial charge < -0.3 is 15.5 Å². The molecule has 1 saturated heterocycles. The third-order valence-electron chi connectivity index (χ3n) is 6.55. The number of primary sulfonamides is 1. The summed E-state index contributed by atoms with van der Waals surface area (Å²) in [7, 11) is -3.92. The molecule has 1 aliphatic heterocycles. The third-order valence-corrected chi connectivity index (χ3v) is 7.47. The van der Waals surface area contributed by atoms with E-state index in [4.69, 9.17) is 10.4 Å². The minimum atomic E-state index is -4.89. The number of alkyl halides is 3. The van der Waals surface area contributed by atoms with Crippen LogP contribution in [0.3, 0.4) is 0 Å². The first-order valence-corrected chi connectivity index (χ1v) is 13.6. The molecule has 4 N–H and O–H groups in total. The second kappa shape index (κ2) is 10.8. The maximum absolute atomic E-state index is 13.5. The lowest BCUT2D eigenvalue weighted by Crippen LogP contribution is -2.43. The summed E-state index contributed by atoms with van der Waals surface area (Å²) >= 11 is 0. The van der Waals surface area contributed by atoms with Crippen molar-refractivity contribution in [3.8, 4) is 6.07 Å². The van der Waals surface area contributed by atoms with Crippen molar-refractivity contribution in [2.45, 2.75) is 37.0 Å². The van der Waals surface area contributed by atoms with Gasteiger partial charge in [0, 0.05) is 11.4 Å². The first kappa shape index (κ1) is 30.0. The fourth-order valence-electron chi connectivity index (χ4n) is 4.30. The van der Waals surface area contributed by atoms with E-state index in [9.17, 15) is 36.0 Å². The van der Waals surface area contributed by atoms with E-state index in [0.717, 1.165) is 17.0 Å². The van der Waals surface area contributed by atoms with E-state index in [-0.39, 0.29) is 28.5 Å². The highest BCUT2D eigenvalue weighted by Gasteiger charge is 2.52. The molecular formula is C27H23F3N6O5S. The lowest BCUT2D eigenvalue weighted by molar-refractivity contribution is -0.137. The summed E-state index contributed by atoms with van der Waals surface area (Å²) in [4.78, 5) is 41.1. The minimum absolute atomic E-state index is 0.143. The van der Waals surface area contributed by atoms with Gasteiger partial charge in [-0.05, 0) is 67.9 Å². The van der Waals surface area contributed by atoms with E-state index in [1.54, 1.807) is 24.3 Å². The number of urea groups is 2. The average molecular weight is 601 g/mol. The second-order valence-electron chi connectivity index (χ2n) is 9.71. The van der Waals surface area contributed by atoms with Gasteiger partial charge in [-0.2, -0.15) is 18.4 Å². The predicted octanol–water partition coefficient (Wildman–Crippen LogP) is 4.62. The fourth-order valence-corrected chi connectivity index (χ4v) is 4.81. The normalized spacial score (nSPS) is 15.0. The van der Waals surface area contributed by atoms with Gasteiger partial charge in [-0.1, -0.05) is 18.2 Å². The number of benzene rings is 3. The van der Waals surface area contributed by atoms with Crippen LogP contribution in [-0.4, -0.2) is 36.8 Å². The molecular weight excluding hydrogens is 577 g/mol. The first-order chi connectivity index (χ1) is 19.5. The van der Waals surface area contributed by atoms with Crippen molar-refractivity contribution in [2.24, 2.45) is 5.14 Å². The number of amides is 5. The van der Waals surface area contributed by atoms with Crippen molar-refractivity contribution >= 4 is 45.1 Å². The molecule has 11 nitrogen and oxygen atoms in total. The van der Waals surface area contributed by atoms with Crippen LogP contribution < -0.4 is 20.7 Å². The standard InChI is InChI=1S/C27H23F3N6O5S/c1-26(2)23(37)36(19-10-7-16(14-31)21(13-19)27(28,29)30)25(39)35(26)15-17-5-3-4-6-22(17)34-24(38)33-18-8-11-20(12-9-18)42(32,40)41/h3-13H,15H2,1-2H3,(H2,32,40,41)(H2,33,34,38). The van der Waals surface area contributed by atoms with Crippen LogP contribution in [0.1, 0.15) is 30.5 Å². The molecule has 218 valence electrons. The van der Waals surface area contributed by atoms with Gasteiger partial charge in [-0.25, -0.2) is 28.0 Å². The van der Waals surface area contributed by atoms with Crippen LogP contribution in [0.25, 0.3) is 0 Å². The number of nitrogens with two attached hydrogens (primary N) is 1. The summed E-state index contributed by atoms with van der Waals surface area (Å²) in [5.74, 6) is -0.781. The van der Waals surface area contributed by atoms with Crippen molar-refractivity contribution < 1.29 is 36.0 Å². The Morgan fingerprint density at radius 2 is 1.67 bits per heavy atom. The number of hydrogen-bond donors (Lipinski definition) is 3. The summed E-state index contributed by atoms with van der Waals surface area (Å²) in [5, 5.41) is 19.3. The molecule has 1 aliphatic rings. The van der Waals surface area contributed by atoms with Crippen molar-refractivity contribution in [1.29, 1.82) is 5.26 Å². The molecule has 0 unspecified atom stereocenters. The van der Waals surface area contributed by atoms with E-state index < -0.39 is 50.8 Å². The molecule has 0 aromatic heterocycles. The Morgan fingerprint density at radius 3 is 2.26 bits per heavy atom. The number of imide groups is 1. The van der Waals surface area contributed by atoms with E-state index in [2.05, 4.69) is 10.6 Å². The van der Waals surface area contributed by atoms with Gasteiger partial charge in [0.05, 0.1) is 34.3 Å². The van der Waals surface area contributed by atoms with Gasteiger partial charge in [-0.3, -0.25) is 4.79 Å². The Hall–Kier alpha value is -4.94. The Kier molecular flexibility index (Phi) is 7.72. The average Bonchev–Trinajstić information content (AvgIpc) is 3.07. The zero-order chi connectivity index (χ0) is 31.0. The largest absolute Gasteiger partial charge is 0.417 e. The zero-order valence-corrected chi connectivity index (χ0v) is 22.9. The maximum atomic E-state index is 13.5. The maximum Gasteiger partial charge on any atom is 0.417 e. The Balaban J connectivity index is 1.57. The number of anilines is 3. The van der Waals surface area contributed by atoms with Crippen molar-refractivity contribution in [2.75, 3.05) is 15.5 Å². The monoisotopic (exact) mass is 600 g/mol. The molecule has 5 amide bonds. The Morgan fingerprint density at radius 1 is 1.02 bits per heavy atom. The summed E-state index contributed by atoms with van der Waals surface area (Å²) in [6, 6.07) is 13.9. The molecule has 0 atom stereocenters. The summed E-state index contributed by atoms with van der Waals surface area (Å²) < 4.78 is 63.5. The van der Waals surface area contributed by atoms with Crippen molar-refractivity contribution in [3.05, 3.63) is 83.4 Å². The lowest BCUT2D eigenvalue weighted by atomic mass is 10.0. The number of hydrogen-bond acceptors (Lipinski definition) is 6. The van der Waals surface area contributed by atoms with Crippen molar-refractivity contribution in [3.63, 3.8) is 0 Å². The summed E-state index contributed by atoms with van der Waals surface area (Å²) in [5.41, 5.74) is -2.82. The number of nitrogens with zero attached hydrogens (tertiary/aromatic N) is 3. The molecule has 3 aromatic rings. The number of carbonyl (C=O) groups excluding carboxylic acids is 3. The number of nitriles is 1. The molecule has 1 heterocycles. The number of rotatable bonds is 6. The van der Waals surface area contributed by atoms with Gasteiger partial charge in [-0.15, -0.1) is 0 Å². The first-order valence-electron chi connectivity index (χ1n) is 12.1. The topological polar surface area (TPSA) is 166 Å². The van der Waals surface area contributed by atoms with E-state index in [0.29, 0.717) is 16.5 Å². The molecule has 0 bridgehead atoms. The molecule has 0 aliphatic carbocycles. The van der Waals surface area contributed by atoms with Gasteiger partial charge in [0.15, 0.2) is 0 Å². The van der Waals surface area contributed by atoms with E-state index >= 15 is 0 Å². The molecule has 4 rings (SSSR count). The van der Waals surface area contributed by atoms with Crippen LogP contribution in [-0.2, 0) is 27.5 Å². The summed E-state index contributed by atoms with van der Waals surface area (Å²) in [6.45, 7) is 2.68. The van der Waals surface area contributed by atoms with Gasteiger partial charge in [0.25, 0.3) is 5.91 Å². The second-order valence-corrected chi connectivity index (χ2v) is 11.3. The van der Waals surface area contributed by atoms with Crippen molar-refractivity contribution in [1.82, 2.24) is 4.90 Å². The predicted molar refractivity (Wildman–Crippen MR) is 146 cm³/mol. The molecule has 3 aromatic carbocycles. The van der Waals surface area contributed by atoms with E-state index in [1.807, 2.05) is 0 Å². The van der Waals surface area contributed by atoms with Crippen LogP contribution >= 0.6 is 0 Å². The molecule has 0 radical (unpaired) electrons. The zero-order valence-electron chi connectivity index (χ0n) is 22.1. The Bertz CT molecular complexity index is 1730. The number of para-hydroxylation sites is 1. The van der Waals surface area contributed by atoms with Crippen LogP contribution in [0, 0.1) is 11.3 Å². The van der Waals surface area contributed by atoms with Crippen LogP contribution in [0.5, 0.6) is 0 Å². The number of carbonyl (C=O) groups is 3. The van der Waals surface area contributed by atoms with Gasteiger partial charge in [0.1, 0.15) is 5.54 Å². The highest BCUT2D eigenvalue weighted by atomic mass is 32.2. The lowest BCUT2D eigenvalue weighted by Gasteiger charge is -2.28. The summed E-state index contributed by atoms with van der Waals surface area (Å²) in [6.07, 6.45) is -4.89. The highest BCUT2D eigenvalue weighted by molar-refractivity contribution is 7.89. The van der Waals surface area contributed by atoms with Crippen LogP contribution in [0.2, 0.25) is 0 Å². The fraction of sp³-hybridized carbons (Fsp3) is 0.185. The smallest absolute Gasteiger partial charge is 0.308 e. The molecule has 15 heteroatoms. The molecule has 42 heavy (non-hydrogen) atoms. The quantitative estimate of drug-likeness (QED) is 0.349. The van der Waals surface area contributed by atoms with E-state index in [1.165, 1.54) is 44.2 Å².